The second-order valence-electron chi connectivity index (χ2n) is 5.36. The van der Waals surface area contributed by atoms with E-state index in [4.69, 9.17) is 9.47 Å². The SMILES string of the molecule is COc1ccc(NC(=O)N/C=C/C(C)(C)C)c(OC)c1. The summed E-state index contributed by atoms with van der Waals surface area (Å²) < 4.78 is 10.3. The van der Waals surface area contributed by atoms with Gasteiger partial charge in [-0.3, -0.25) is 0 Å². The summed E-state index contributed by atoms with van der Waals surface area (Å²) in [4.78, 5) is 11.8. The van der Waals surface area contributed by atoms with Crippen LogP contribution in [-0.4, -0.2) is 20.3 Å². The Morgan fingerprint density at radius 2 is 1.90 bits per heavy atom. The fourth-order valence-corrected chi connectivity index (χ4v) is 1.43. The first-order chi connectivity index (χ1) is 9.35. The molecule has 5 nitrogen and oxygen atoms in total. The monoisotopic (exact) mass is 278 g/mol. The summed E-state index contributed by atoms with van der Waals surface area (Å²) in [5.41, 5.74) is 0.598. The van der Waals surface area contributed by atoms with Gasteiger partial charge in [0.1, 0.15) is 11.5 Å². The molecular weight excluding hydrogens is 256 g/mol. The zero-order chi connectivity index (χ0) is 15.2. The third kappa shape index (κ3) is 5.22. The van der Waals surface area contributed by atoms with Crippen LogP contribution in [0.2, 0.25) is 0 Å². The van der Waals surface area contributed by atoms with Gasteiger partial charge < -0.3 is 20.1 Å². The third-order valence-corrected chi connectivity index (χ3v) is 2.45. The average Bonchev–Trinajstić information content (AvgIpc) is 2.37. The van der Waals surface area contributed by atoms with Gasteiger partial charge in [0.05, 0.1) is 19.9 Å². The van der Waals surface area contributed by atoms with Gasteiger partial charge in [-0.05, 0) is 17.5 Å². The maximum absolute atomic E-state index is 11.8. The van der Waals surface area contributed by atoms with E-state index in [1.807, 2.05) is 6.08 Å². The van der Waals surface area contributed by atoms with E-state index in [2.05, 4.69) is 31.4 Å². The second kappa shape index (κ2) is 6.84. The van der Waals surface area contributed by atoms with Gasteiger partial charge in [-0.2, -0.15) is 0 Å². The van der Waals surface area contributed by atoms with Crippen molar-refractivity contribution in [3.63, 3.8) is 0 Å². The molecule has 20 heavy (non-hydrogen) atoms. The number of carbonyl (C=O) groups excluding carboxylic acids is 1. The Balaban J connectivity index is 2.68. The zero-order valence-corrected chi connectivity index (χ0v) is 12.6. The molecule has 2 N–H and O–H groups in total. The van der Waals surface area contributed by atoms with Crippen molar-refractivity contribution >= 4 is 11.7 Å². The highest BCUT2D eigenvalue weighted by Crippen LogP contribution is 2.28. The average molecular weight is 278 g/mol. The summed E-state index contributed by atoms with van der Waals surface area (Å²) in [6.07, 6.45) is 3.54. The molecule has 0 atom stereocenters. The van der Waals surface area contributed by atoms with Crippen LogP contribution in [0.25, 0.3) is 0 Å². The largest absolute Gasteiger partial charge is 0.497 e. The lowest BCUT2D eigenvalue weighted by Gasteiger charge is -2.13. The number of benzene rings is 1. The Morgan fingerprint density at radius 1 is 1.20 bits per heavy atom. The summed E-state index contributed by atoms with van der Waals surface area (Å²) in [6, 6.07) is 4.86. The molecule has 0 bridgehead atoms. The zero-order valence-electron chi connectivity index (χ0n) is 12.6. The van der Waals surface area contributed by atoms with E-state index in [9.17, 15) is 4.79 Å². The van der Waals surface area contributed by atoms with E-state index >= 15 is 0 Å². The molecule has 5 heteroatoms. The van der Waals surface area contributed by atoms with Gasteiger partial charge in [-0.25, -0.2) is 4.79 Å². The Morgan fingerprint density at radius 3 is 2.45 bits per heavy atom. The lowest BCUT2D eigenvalue weighted by atomic mass is 9.97. The van der Waals surface area contributed by atoms with Crippen LogP contribution in [0.3, 0.4) is 0 Å². The van der Waals surface area contributed by atoms with E-state index in [0.717, 1.165) is 0 Å². The minimum atomic E-state index is -0.325. The van der Waals surface area contributed by atoms with Crippen molar-refractivity contribution in [2.45, 2.75) is 20.8 Å². The topological polar surface area (TPSA) is 59.6 Å². The number of anilines is 1. The molecule has 0 aliphatic heterocycles. The van der Waals surface area contributed by atoms with Crippen molar-refractivity contribution in [1.82, 2.24) is 5.32 Å². The quantitative estimate of drug-likeness (QED) is 0.887. The van der Waals surface area contributed by atoms with E-state index in [0.29, 0.717) is 17.2 Å². The second-order valence-corrected chi connectivity index (χ2v) is 5.36. The van der Waals surface area contributed by atoms with Gasteiger partial charge >= 0.3 is 6.03 Å². The minimum Gasteiger partial charge on any atom is -0.497 e. The number of rotatable bonds is 4. The molecule has 2 amide bonds. The molecule has 0 fully saturated rings. The van der Waals surface area contributed by atoms with Crippen molar-refractivity contribution in [2.75, 3.05) is 19.5 Å². The van der Waals surface area contributed by atoms with Crippen molar-refractivity contribution in [1.29, 1.82) is 0 Å². The van der Waals surface area contributed by atoms with Crippen LogP contribution in [0.4, 0.5) is 10.5 Å². The van der Waals surface area contributed by atoms with Crippen LogP contribution in [0, 0.1) is 5.41 Å². The number of methoxy groups -OCH3 is 2. The first-order valence-electron chi connectivity index (χ1n) is 6.33. The maximum Gasteiger partial charge on any atom is 0.323 e. The highest BCUT2D eigenvalue weighted by atomic mass is 16.5. The Hall–Kier alpha value is -2.17. The number of hydrogen-bond donors (Lipinski definition) is 2. The molecule has 0 aliphatic rings. The number of carbonyl (C=O) groups is 1. The van der Waals surface area contributed by atoms with Crippen LogP contribution < -0.4 is 20.1 Å². The molecule has 1 aromatic rings. The predicted octanol–water partition coefficient (Wildman–Crippen LogP) is 3.39. The van der Waals surface area contributed by atoms with E-state index < -0.39 is 0 Å². The molecule has 1 aromatic carbocycles. The molecule has 0 spiro atoms. The Labute approximate surface area is 120 Å². The molecule has 0 aliphatic carbocycles. The summed E-state index contributed by atoms with van der Waals surface area (Å²) in [5, 5.41) is 5.37. The fraction of sp³-hybridized carbons (Fsp3) is 0.400. The summed E-state index contributed by atoms with van der Waals surface area (Å²) in [6.45, 7) is 6.15. The van der Waals surface area contributed by atoms with Gasteiger partial charge in [0.15, 0.2) is 0 Å². The van der Waals surface area contributed by atoms with Crippen LogP contribution >= 0.6 is 0 Å². The van der Waals surface area contributed by atoms with E-state index in [1.165, 1.54) is 7.11 Å². The van der Waals surface area contributed by atoms with Crippen LogP contribution in [0.1, 0.15) is 20.8 Å². The number of allylic oxidation sites excluding steroid dienone is 1. The first kappa shape index (κ1) is 15.9. The summed E-state index contributed by atoms with van der Waals surface area (Å²) in [7, 11) is 3.11. The normalized spacial score (nSPS) is 11.2. The highest BCUT2D eigenvalue weighted by Gasteiger charge is 2.08. The maximum atomic E-state index is 11.8. The van der Waals surface area contributed by atoms with Gasteiger partial charge in [-0.1, -0.05) is 26.8 Å². The Kier molecular flexibility index (Phi) is 5.43. The van der Waals surface area contributed by atoms with Gasteiger partial charge in [0, 0.05) is 12.3 Å². The molecule has 0 radical (unpaired) electrons. The first-order valence-corrected chi connectivity index (χ1v) is 6.33. The third-order valence-electron chi connectivity index (χ3n) is 2.45. The molecule has 0 aromatic heterocycles. The minimum absolute atomic E-state index is 0.0189. The molecule has 0 unspecified atom stereocenters. The van der Waals surface area contributed by atoms with Crippen LogP contribution in [-0.2, 0) is 0 Å². The van der Waals surface area contributed by atoms with E-state index in [1.54, 1.807) is 31.5 Å². The Bertz CT molecular complexity index is 490. The van der Waals surface area contributed by atoms with Crippen molar-refractivity contribution in [2.24, 2.45) is 5.41 Å². The molecule has 0 heterocycles. The lowest BCUT2D eigenvalue weighted by Crippen LogP contribution is -2.24. The van der Waals surface area contributed by atoms with Crippen molar-refractivity contribution in [3.8, 4) is 11.5 Å². The molecule has 1 rings (SSSR count). The number of hydrogen-bond acceptors (Lipinski definition) is 3. The van der Waals surface area contributed by atoms with Gasteiger partial charge in [-0.15, -0.1) is 0 Å². The van der Waals surface area contributed by atoms with Gasteiger partial charge in [0.25, 0.3) is 0 Å². The molecule has 0 saturated carbocycles. The molecule has 110 valence electrons. The van der Waals surface area contributed by atoms with Crippen molar-refractivity contribution in [3.05, 3.63) is 30.5 Å². The predicted molar refractivity (Wildman–Crippen MR) is 80.3 cm³/mol. The fourth-order valence-electron chi connectivity index (χ4n) is 1.43. The summed E-state index contributed by atoms with van der Waals surface area (Å²) in [5.74, 6) is 1.21. The molecule has 0 saturated heterocycles. The van der Waals surface area contributed by atoms with E-state index in [-0.39, 0.29) is 11.4 Å². The number of amides is 2. The van der Waals surface area contributed by atoms with Crippen molar-refractivity contribution < 1.29 is 14.3 Å². The smallest absolute Gasteiger partial charge is 0.323 e. The number of ether oxygens (including phenoxy) is 2. The van der Waals surface area contributed by atoms with Crippen LogP contribution in [0.5, 0.6) is 11.5 Å². The standard InChI is InChI=1S/C15H22N2O3/c1-15(2,3)8-9-16-14(18)17-12-7-6-11(19-4)10-13(12)20-5/h6-10H,1-5H3,(H2,16,17,18)/b9-8+. The molecular formula is C15H22N2O3. The highest BCUT2D eigenvalue weighted by molar-refractivity contribution is 5.91. The lowest BCUT2D eigenvalue weighted by molar-refractivity contribution is 0.255. The summed E-state index contributed by atoms with van der Waals surface area (Å²) >= 11 is 0. The van der Waals surface area contributed by atoms with Gasteiger partial charge in [0.2, 0.25) is 0 Å². The number of urea groups is 1. The number of nitrogens with one attached hydrogen (secondary N) is 2. The van der Waals surface area contributed by atoms with Crippen LogP contribution in [0.15, 0.2) is 30.5 Å².